The third kappa shape index (κ3) is 3.66. The molecule has 1 aromatic rings. The number of nitrogens with zero attached hydrogens (tertiary/aromatic N) is 4. The molecule has 1 aliphatic rings. The summed E-state index contributed by atoms with van der Waals surface area (Å²) >= 11 is 11.5. The molecule has 2 rings (SSSR count). The summed E-state index contributed by atoms with van der Waals surface area (Å²) in [6, 6.07) is 0. The Balaban J connectivity index is 2.00. The van der Waals surface area contributed by atoms with Gasteiger partial charge in [0.2, 0.25) is 16.5 Å². The minimum Gasteiger partial charge on any atom is -0.381 e. The number of rotatable bonds is 3. The summed E-state index contributed by atoms with van der Waals surface area (Å²) in [7, 11) is 1.93. The molecular weight excluding hydrogens is 263 g/mol. The van der Waals surface area contributed by atoms with E-state index in [9.17, 15) is 0 Å². The van der Waals surface area contributed by atoms with Crippen molar-refractivity contribution in [3.8, 4) is 0 Å². The summed E-state index contributed by atoms with van der Waals surface area (Å²) < 4.78 is 5.32. The molecule has 17 heavy (non-hydrogen) atoms. The van der Waals surface area contributed by atoms with Crippen LogP contribution in [0.5, 0.6) is 0 Å². The lowest BCUT2D eigenvalue weighted by Crippen LogP contribution is -2.30. The number of ether oxygens (including phenoxy) is 1. The fraction of sp³-hybridized carbons (Fsp3) is 0.700. The van der Waals surface area contributed by atoms with E-state index in [0.717, 1.165) is 32.6 Å². The van der Waals surface area contributed by atoms with Crippen LogP contribution < -0.4 is 4.90 Å². The monoisotopic (exact) mass is 276 g/mol. The quantitative estimate of drug-likeness (QED) is 0.846. The van der Waals surface area contributed by atoms with E-state index < -0.39 is 0 Å². The van der Waals surface area contributed by atoms with Crippen LogP contribution in [0.2, 0.25) is 10.6 Å². The topological polar surface area (TPSA) is 51.1 Å². The highest BCUT2D eigenvalue weighted by atomic mass is 35.5. The van der Waals surface area contributed by atoms with Crippen molar-refractivity contribution >= 4 is 29.2 Å². The maximum atomic E-state index is 5.74. The van der Waals surface area contributed by atoms with Gasteiger partial charge in [-0.05, 0) is 42.0 Å². The average molecular weight is 277 g/mol. The average Bonchev–Trinajstić information content (AvgIpc) is 2.29. The van der Waals surface area contributed by atoms with Crippen LogP contribution in [0.3, 0.4) is 0 Å². The Morgan fingerprint density at radius 2 is 1.76 bits per heavy atom. The second-order valence-electron chi connectivity index (χ2n) is 4.11. The summed E-state index contributed by atoms with van der Waals surface area (Å²) in [5, 5.41) is 0.248. The van der Waals surface area contributed by atoms with Gasteiger partial charge in [-0.1, -0.05) is 0 Å². The van der Waals surface area contributed by atoms with E-state index >= 15 is 0 Å². The van der Waals surface area contributed by atoms with Crippen molar-refractivity contribution in [3.05, 3.63) is 10.6 Å². The fourth-order valence-electron chi connectivity index (χ4n) is 1.88. The highest BCUT2D eigenvalue weighted by Crippen LogP contribution is 2.19. The highest BCUT2D eigenvalue weighted by Gasteiger charge is 2.17. The van der Waals surface area contributed by atoms with E-state index in [1.54, 1.807) is 0 Å². The van der Waals surface area contributed by atoms with Crippen molar-refractivity contribution in [2.45, 2.75) is 12.8 Å². The molecule has 0 saturated carbocycles. The molecule has 0 radical (unpaired) electrons. The van der Waals surface area contributed by atoms with Gasteiger partial charge < -0.3 is 9.64 Å². The Labute approximate surface area is 110 Å². The van der Waals surface area contributed by atoms with Crippen molar-refractivity contribution < 1.29 is 4.74 Å². The number of aromatic nitrogens is 3. The van der Waals surface area contributed by atoms with E-state index in [-0.39, 0.29) is 10.6 Å². The zero-order chi connectivity index (χ0) is 12.3. The molecule has 1 aliphatic heterocycles. The number of anilines is 1. The van der Waals surface area contributed by atoms with Crippen LogP contribution in [0.25, 0.3) is 0 Å². The van der Waals surface area contributed by atoms with Crippen LogP contribution in [0, 0.1) is 5.92 Å². The molecule has 1 fully saturated rings. The van der Waals surface area contributed by atoms with Gasteiger partial charge in [-0.2, -0.15) is 15.0 Å². The lowest BCUT2D eigenvalue weighted by Gasteiger charge is -2.27. The van der Waals surface area contributed by atoms with Gasteiger partial charge in [-0.3, -0.25) is 0 Å². The first-order valence-corrected chi connectivity index (χ1v) is 6.26. The van der Waals surface area contributed by atoms with E-state index in [1.165, 1.54) is 0 Å². The highest BCUT2D eigenvalue weighted by molar-refractivity contribution is 6.31. The van der Waals surface area contributed by atoms with E-state index in [0.29, 0.717) is 11.9 Å². The molecule has 0 bridgehead atoms. The van der Waals surface area contributed by atoms with Crippen LogP contribution in [-0.4, -0.2) is 41.8 Å². The Morgan fingerprint density at radius 3 is 2.35 bits per heavy atom. The summed E-state index contributed by atoms with van der Waals surface area (Å²) in [5.41, 5.74) is 0. The van der Waals surface area contributed by atoms with Gasteiger partial charge in [0.25, 0.3) is 0 Å². The zero-order valence-corrected chi connectivity index (χ0v) is 11.1. The lowest BCUT2D eigenvalue weighted by molar-refractivity contribution is 0.0684. The van der Waals surface area contributed by atoms with Gasteiger partial charge in [0.05, 0.1) is 0 Å². The predicted molar refractivity (Wildman–Crippen MR) is 66.7 cm³/mol. The molecule has 5 nitrogen and oxygen atoms in total. The number of hydrogen-bond donors (Lipinski definition) is 0. The smallest absolute Gasteiger partial charge is 0.230 e. The maximum absolute atomic E-state index is 5.74. The minimum absolute atomic E-state index is 0.124. The molecule has 0 amide bonds. The first-order valence-electron chi connectivity index (χ1n) is 5.51. The Morgan fingerprint density at radius 1 is 1.18 bits per heavy atom. The molecule has 1 saturated heterocycles. The van der Waals surface area contributed by atoms with Gasteiger partial charge in [0.1, 0.15) is 0 Å². The summed E-state index contributed by atoms with van der Waals surface area (Å²) in [6.45, 7) is 2.54. The van der Waals surface area contributed by atoms with Crippen molar-refractivity contribution in [1.82, 2.24) is 15.0 Å². The number of halogens is 2. The summed E-state index contributed by atoms with van der Waals surface area (Å²) in [6.07, 6.45) is 2.13. The molecule has 0 unspecified atom stereocenters. The van der Waals surface area contributed by atoms with Crippen LogP contribution in [0.1, 0.15) is 12.8 Å². The van der Waals surface area contributed by atoms with Gasteiger partial charge in [0, 0.05) is 26.8 Å². The van der Waals surface area contributed by atoms with Crippen LogP contribution >= 0.6 is 23.2 Å². The second-order valence-corrected chi connectivity index (χ2v) is 4.79. The van der Waals surface area contributed by atoms with E-state index in [4.69, 9.17) is 27.9 Å². The van der Waals surface area contributed by atoms with Gasteiger partial charge in [-0.25, -0.2) is 0 Å². The van der Waals surface area contributed by atoms with Crippen molar-refractivity contribution in [3.63, 3.8) is 0 Å². The van der Waals surface area contributed by atoms with Crippen molar-refractivity contribution in [1.29, 1.82) is 0 Å². The maximum Gasteiger partial charge on any atom is 0.230 e. The molecule has 0 aliphatic carbocycles. The molecule has 1 aromatic heterocycles. The molecular formula is C10H14Cl2N4O. The van der Waals surface area contributed by atoms with E-state index in [2.05, 4.69) is 15.0 Å². The van der Waals surface area contributed by atoms with Crippen LogP contribution in [0.4, 0.5) is 5.95 Å². The third-order valence-corrected chi connectivity index (χ3v) is 3.12. The van der Waals surface area contributed by atoms with Crippen LogP contribution in [0.15, 0.2) is 0 Å². The van der Waals surface area contributed by atoms with E-state index in [1.807, 2.05) is 11.9 Å². The Kier molecular flexibility index (Phi) is 4.36. The summed E-state index contributed by atoms with van der Waals surface area (Å²) in [4.78, 5) is 13.8. The summed E-state index contributed by atoms with van der Waals surface area (Å²) in [5.74, 6) is 1.12. The molecule has 94 valence electrons. The first-order chi connectivity index (χ1) is 8.15. The SMILES string of the molecule is CN(CC1CCOCC1)c1nc(Cl)nc(Cl)n1. The molecule has 0 N–H and O–H groups in total. The van der Waals surface area contributed by atoms with Crippen molar-refractivity contribution in [2.24, 2.45) is 5.92 Å². The van der Waals surface area contributed by atoms with Gasteiger partial charge in [0.15, 0.2) is 0 Å². The molecule has 0 spiro atoms. The first kappa shape index (κ1) is 12.8. The van der Waals surface area contributed by atoms with Gasteiger partial charge >= 0.3 is 0 Å². The van der Waals surface area contributed by atoms with Crippen molar-refractivity contribution in [2.75, 3.05) is 31.7 Å². The van der Waals surface area contributed by atoms with Crippen LogP contribution in [-0.2, 0) is 4.74 Å². The molecule has 0 aromatic carbocycles. The molecule has 7 heteroatoms. The Bertz CT molecular complexity index is 364. The standard InChI is InChI=1S/C10H14Cl2N4O/c1-16(6-7-2-4-17-5-3-7)10-14-8(11)13-9(12)15-10/h7H,2-6H2,1H3. The normalized spacial score (nSPS) is 17.1. The second kappa shape index (κ2) is 5.80. The fourth-order valence-corrected chi connectivity index (χ4v) is 2.24. The molecule has 0 atom stereocenters. The predicted octanol–water partition coefficient (Wildman–Crippen LogP) is 2.04. The Hall–Kier alpha value is -0.650. The van der Waals surface area contributed by atoms with Gasteiger partial charge in [-0.15, -0.1) is 0 Å². The zero-order valence-electron chi connectivity index (χ0n) is 9.57. The lowest BCUT2D eigenvalue weighted by atomic mass is 10.0. The molecule has 2 heterocycles. The number of hydrogen-bond acceptors (Lipinski definition) is 5. The largest absolute Gasteiger partial charge is 0.381 e. The minimum atomic E-state index is 0.124. The third-order valence-electron chi connectivity index (χ3n) is 2.78.